The minimum Gasteiger partial charge on any atom is -0.454 e. The molecule has 4 aliphatic heterocycles. The van der Waals surface area contributed by atoms with Crippen molar-refractivity contribution in [3.63, 3.8) is 0 Å². The number of para-hydroxylation sites is 1. The molecule has 2 aromatic carbocycles. The van der Waals surface area contributed by atoms with Crippen LogP contribution in [0, 0.1) is 10.1 Å². The van der Waals surface area contributed by atoms with Crippen molar-refractivity contribution in [2.75, 3.05) is 18.7 Å². The lowest BCUT2D eigenvalue weighted by atomic mass is 9.77. The summed E-state index contributed by atoms with van der Waals surface area (Å²) >= 11 is 0. The summed E-state index contributed by atoms with van der Waals surface area (Å²) in [4.78, 5) is 27.7. The number of ether oxygens (including phenoxy) is 2. The summed E-state index contributed by atoms with van der Waals surface area (Å²) in [6, 6.07) is 11.7. The monoisotopic (exact) mass is 393 g/mol. The third-order valence-corrected chi connectivity index (χ3v) is 6.88. The van der Waals surface area contributed by atoms with E-state index in [0.717, 1.165) is 18.4 Å². The summed E-state index contributed by atoms with van der Waals surface area (Å²) < 4.78 is 10.9. The second-order valence-electron chi connectivity index (χ2n) is 8.04. The molecule has 2 fully saturated rings. The Kier molecular flexibility index (Phi) is 3.30. The van der Waals surface area contributed by atoms with Crippen molar-refractivity contribution in [2.45, 2.75) is 36.4 Å². The Hall–Kier alpha value is -3.13. The van der Waals surface area contributed by atoms with Crippen LogP contribution in [0.2, 0.25) is 0 Å². The molecule has 1 amide bonds. The van der Waals surface area contributed by atoms with Gasteiger partial charge in [-0.15, -0.1) is 0 Å². The molecule has 0 saturated carbocycles. The minimum atomic E-state index is -1.29. The second-order valence-corrected chi connectivity index (χ2v) is 8.04. The highest BCUT2D eigenvalue weighted by Crippen LogP contribution is 2.58. The van der Waals surface area contributed by atoms with E-state index in [4.69, 9.17) is 9.47 Å². The molecular weight excluding hydrogens is 374 g/mol. The van der Waals surface area contributed by atoms with Crippen LogP contribution in [0.5, 0.6) is 11.5 Å². The number of carbonyl (C=O) groups excluding carboxylic acids is 1. The van der Waals surface area contributed by atoms with Gasteiger partial charge in [-0.25, -0.2) is 0 Å². The average molecular weight is 393 g/mol. The van der Waals surface area contributed by atoms with Gasteiger partial charge in [0.1, 0.15) is 0 Å². The van der Waals surface area contributed by atoms with E-state index in [9.17, 15) is 14.9 Å². The van der Waals surface area contributed by atoms with Crippen LogP contribution < -0.4 is 14.8 Å². The number of nitrogens with one attached hydrogen (secondary N) is 1. The van der Waals surface area contributed by atoms with Crippen molar-refractivity contribution < 1.29 is 19.2 Å². The van der Waals surface area contributed by atoms with Gasteiger partial charge in [-0.3, -0.25) is 19.8 Å². The van der Waals surface area contributed by atoms with Gasteiger partial charge in [-0.1, -0.05) is 24.3 Å². The fraction of sp³-hybridized carbons (Fsp3) is 0.381. The lowest BCUT2D eigenvalue weighted by Crippen LogP contribution is -2.55. The van der Waals surface area contributed by atoms with Gasteiger partial charge in [-0.2, -0.15) is 0 Å². The zero-order valence-electron chi connectivity index (χ0n) is 15.5. The molecule has 29 heavy (non-hydrogen) atoms. The molecule has 4 atom stereocenters. The molecular formula is C21H19N3O5. The lowest BCUT2D eigenvalue weighted by Gasteiger charge is -2.32. The second kappa shape index (κ2) is 5.70. The van der Waals surface area contributed by atoms with E-state index < -0.39 is 17.5 Å². The van der Waals surface area contributed by atoms with Crippen molar-refractivity contribution >= 4 is 11.6 Å². The summed E-state index contributed by atoms with van der Waals surface area (Å²) in [6.07, 6.45) is 1.73. The molecule has 2 aromatic rings. The maximum absolute atomic E-state index is 13.4. The molecule has 1 spiro atoms. The van der Waals surface area contributed by atoms with E-state index in [1.54, 1.807) is 0 Å². The third-order valence-electron chi connectivity index (χ3n) is 6.88. The number of fused-ring (bicyclic) bond motifs is 5. The number of anilines is 1. The number of amides is 1. The molecule has 0 bridgehead atoms. The van der Waals surface area contributed by atoms with Crippen LogP contribution in [-0.2, 0) is 10.3 Å². The Morgan fingerprint density at radius 3 is 2.86 bits per heavy atom. The maximum Gasteiger partial charge on any atom is 0.256 e. The normalized spacial score (nSPS) is 31.7. The van der Waals surface area contributed by atoms with Gasteiger partial charge in [0.15, 0.2) is 17.0 Å². The Labute approximate surface area is 166 Å². The van der Waals surface area contributed by atoms with E-state index in [0.29, 0.717) is 29.3 Å². The van der Waals surface area contributed by atoms with Crippen LogP contribution >= 0.6 is 0 Å². The van der Waals surface area contributed by atoms with Crippen LogP contribution in [0.1, 0.15) is 29.9 Å². The zero-order chi connectivity index (χ0) is 19.8. The average Bonchev–Trinajstić information content (AvgIpc) is 3.46. The highest BCUT2D eigenvalue weighted by molar-refractivity contribution is 6.07. The van der Waals surface area contributed by atoms with E-state index in [-0.39, 0.29) is 23.7 Å². The Balaban J connectivity index is 1.57. The van der Waals surface area contributed by atoms with E-state index >= 15 is 0 Å². The van der Waals surface area contributed by atoms with Crippen molar-refractivity contribution in [3.05, 3.63) is 63.7 Å². The summed E-state index contributed by atoms with van der Waals surface area (Å²) in [5.41, 5.74) is 0.910. The Morgan fingerprint density at radius 1 is 1.17 bits per heavy atom. The Morgan fingerprint density at radius 2 is 2.00 bits per heavy atom. The van der Waals surface area contributed by atoms with Gasteiger partial charge in [0.2, 0.25) is 6.79 Å². The van der Waals surface area contributed by atoms with Gasteiger partial charge < -0.3 is 14.8 Å². The van der Waals surface area contributed by atoms with Crippen molar-refractivity contribution in [3.8, 4) is 11.5 Å². The molecule has 4 heterocycles. The number of carbonyl (C=O) groups is 1. The Bertz CT molecular complexity index is 1060. The fourth-order valence-corrected chi connectivity index (χ4v) is 5.90. The molecule has 148 valence electrons. The molecule has 8 nitrogen and oxygen atoms in total. The van der Waals surface area contributed by atoms with Gasteiger partial charge in [-0.05, 0) is 36.6 Å². The predicted octanol–water partition coefficient (Wildman–Crippen LogP) is 2.47. The summed E-state index contributed by atoms with van der Waals surface area (Å²) in [6.45, 7) is 0.815. The number of rotatable bonds is 2. The molecule has 1 N–H and O–H groups in total. The smallest absolute Gasteiger partial charge is 0.256 e. The summed E-state index contributed by atoms with van der Waals surface area (Å²) in [5, 5.41) is 15.4. The van der Waals surface area contributed by atoms with Crippen molar-refractivity contribution in [1.82, 2.24) is 4.90 Å². The molecule has 2 saturated heterocycles. The fourth-order valence-electron chi connectivity index (χ4n) is 5.90. The van der Waals surface area contributed by atoms with Crippen LogP contribution in [-0.4, -0.2) is 41.2 Å². The van der Waals surface area contributed by atoms with Gasteiger partial charge in [0.25, 0.3) is 11.9 Å². The van der Waals surface area contributed by atoms with E-state index in [1.807, 2.05) is 42.5 Å². The van der Waals surface area contributed by atoms with E-state index in [1.165, 1.54) is 0 Å². The highest BCUT2D eigenvalue weighted by Gasteiger charge is 2.73. The molecule has 0 radical (unpaired) electrons. The van der Waals surface area contributed by atoms with Crippen LogP contribution in [0.4, 0.5) is 5.69 Å². The quantitative estimate of drug-likeness (QED) is 0.622. The van der Waals surface area contributed by atoms with Gasteiger partial charge in [0, 0.05) is 28.8 Å². The number of hydrogen-bond donors (Lipinski definition) is 1. The number of hydrogen-bond acceptors (Lipinski definition) is 6. The topological polar surface area (TPSA) is 93.9 Å². The molecule has 8 heteroatoms. The SMILES string of the molecule is O=C1Nc2ccccc2[C@]12[C@H]([N+](=O)[O-])[C@@H](c1ccc3c(c1)OCO3)[C@H]1CCCN12. The standard InChI is InChI=1S/C21H19N3O5/c25-20-21(13-4-1-2-5-14(13)22-20)19(24(26)27)18(15-6-3-9-23(15)21)12-7-8-16-17(10-12)29-11-28-16/h1-2,4-5,7-8,10,15,18-19H,3,6,9,11H2,(H,22,25)/t15-,18+,19-,21+/m1/s1. The number of nitrogens with zero attached hydrogens (tertiary/aromatic N) is 2. The van der Waals surface area contributed by atoms with E-state index in [2.05, 4.69) is 10.2 Å². The predicted molar refractivity (Wildman–Crippen MR) is 103 cm³/mol. The van der Waals surface area contributed by atoms with Gasteiger partial charge in [0.05, 0.1) is 5.92 Å². The molecule has 0 unspecified atom stereocenters. The number of nitro groups is 1. The molecule has 4 aliphatic rings. The first-order chi connectivity index (χ1) is 14.1. The summed E-state index contributed by atoms with van der Waals surface area (Å²) in [7, 11) is 0. The largest absolute Gasteiger partial charge is 0.454 e. The first-order valence-corrected chi connectivity index (χ1v) is 9.83. The first kappa shape index (κ1) is 16.8. The van der Waals surface area contributed by atoms with Gasteiger partial charge >= 0.3 is 0 Å². The third kappa shape index (κ3) is 1.99. The molecule has 6 rings (SSSR count). The van der Waals surface area contributed by atoms with Crippen molar-refractivity contribution in [1.29, 1.82) is 0 Å². The van der Waals surface area contributed by atoms with Crippen LogP contribution in [0.3, 0.4) is 0 Å². The maximum atomic E-state index is 13.4. The summed E-state index contributed by atoms with van der Waals surface area (Å²) in [5.74, 6) is 0.534. The van der Waals surface area contributed by atoms with Crippen LogP contribution in [0.25, 0.3) is 0 Å². The zero-order valence-corrected chi connectivity index (χ0v) is 15.5. The minimum absolute atomic E-state index is 0.0809. The first-order valence-electron chi connectivity index (χ1n) is 9.83. The molecule has 0 aliphatic carbocycles. The number of benzene rings is 2. The molecule has 0 aromatic heterocycles. The van der Waals surface area contributed by atoms with Crippen molar-refractivity contribution in [2.24, 2.45) is 0 Å². The van der Waals surface area contributed by atoms with Crippen LogP contribution in [0.15, 0.2) is 42.5 Å². The lowest BCUT2D eigenvalue weighted by molar-refractivity contribution is -0.534. The highest BCUT2D eigenvalue weighted by atomic mass is 16.7.